The first kappa shape index (κ1) is 14.3. The Bertz CT molecular complexity index is 595. The molecule has 0 spiro atoms. The van der Waals surface area contributed by atoms with Crippen LogP contribution in [0.3, 0.4) is 0 Å². The summed E-state index contributed by atoms with van der Waals surface area (Å²) in [4.78, 5) is 11.2. The zero-order valence-corrected chi connectivity index (χ0v) is 11.4. The number of hydrogen-bond acceptors (Lipinski definition) is 4. The zero-order valence-electron chi connectivity index (χ0n) is 9.80. The largest absolute Gasteiger partial charge is 0.480 e. The summed E-state index contributed by atoms with van der Waals surface area (Å²) < 4.78 is 31.5. The first-order chi connectivity index (χ1) is 8.86. The van der Waals surface area contributed by atoms with E-state index in [1.165, 1.54) is 24.3 Å². The maximum atomic E-state index is 12.2. The number of carbonyl (C=O) groups is 1. The van der Waals surface area contributed by atoms with Gasteiger partial charge in [0.15, 0.2) is 5.54 Å². The van der Waals surface area contributed by atoms with Crippen LogP contribution in [0.25, 0.3) is 0 Å². The van der Waals surface area contributed by atoms with Gasteiger partial charge < -0.3 is 9.84 Å². The number of aliphatic carboxylic acids is 1. The molecule has 104 valence electrons. The standard InChI is InChI=1S/C11H12ClNO5S/c12-8-2-1-3-9(6-8)19(16,17)13-11(10(14)15)4-5-18-7-11/h1-3,6,13H,4-5,7H2,(H,14,15). The minimum absolute atomic E-state index is 0.0764. The van der Waals surface area contributed by atoms with E-state index >= 15 is 0 Å². The Hall–Kier alpha value is -1.15. The summed E-state index contributed by atoms with van der Waals surface area (Å²) in [6.45, 7) is 0.00644. The summed E-state index contributed by atoms with van der Waals surface area (Å²) >= 11 is 5.73. The lowest BCUT2D eigenvalue weighted by Crippen LogP contribution is -2.54. The van der Waals surface area contributed by atoms with Crippen molar-refractivity contribution < 1.29 is 23.1 Å². The molecule has 0 amide bonds. The van der Waals surface area contributed by atoms with Crippen LogP contribution < -0.4 is 4.72 Å². The van der Waals surface area contributed by atoms with Crippen LogP contribution in [-0.4, -0.2) is 38.2 Å². The van der Waals surface area contributed by atoms with E-state index in [4.69, 9.17) is 16.3 Å². The first-order valence-electron chi connectivity index (χ1n) is 5.46. The quantitative estimate of drug-likeness (QED) is 0.861. The number of nitrogens with one attached hydrogen (secondary N) is 1. The normalized spacial score (nSPS) is 23.4. The lowest BCUT2D eigenvalue weighted by atomic mass is 10.0. The van der Waals surface area contributed by atoms with Crippen molar-refractivity contribution in [3.05, 3.63) is 29.3 Å². The van der Waals surface area contributed by atoms with E-state index in [1.807, 2.05) is 0 Å². The van der Waals surface area contributed by atoms with Gasteiger partial charge in [-0.25, -0.2) is 8.42 Å². The van der Waals surface area contributed by atoms with Gasteiger partial charge in [-0.2, -0.15) is 4.72 Å². The molecule has 1 aliphatic heterocycles. The molecule has 1 saturated heterocycles. The van der Waals surface area contributed by atoms with Crippen LogP contribution in [0.5, 0.6) is 0 Å². The Morgan fingerprint density at radius 1 is 1.47 bits per heavy atom. The van der Waals surface area contributed by atoms with Gasteiger partial charge >= 0.3 is 5.97 Å². The molecule has 19 heavy (non-hydrogen) atoms. The number of hydrogen-bond donors (Lipinski definition) is 2. The van der Waals surface area contributed by atoms with Crippen LogP contribution in [-0.2, 0) is 19.6 Å². The minimum atomic E-state index is -3.96. The lowest BCUT2D eigenvalue weighted by molar-refractivity contribution is -0.144. The SMILES string of the molecule is O=C(O)C1(NS(=O)(=O)c2cccc(Cl)c2)CCOC1. The summed E-state index contributed by atoms with van der Waals surface area (Å²) in [6.07, 6.45) is 0.0854. The molecule has 1 atom stereocenters. The molecule has 0 bridgehead atoms. The van der Waals surface area contributed by atoms with Gasteiger partial charge in [0.2, 0.25) is 10.0 Å². The van der Waals surface area contributed by atoms with Gasteiger partial charge in [-0.05, 0) is 18.2 Å². The van der Waals surface area contributed by atoms with E-state index in [0.717, 1.165) is 0 Å². The van der Waals surface area contributed by atoms with Gasteiger partial charge in [-0.15, -0.1) is 0 Å². The van der Waals surface area contributed by atoms with Crippen LogP contribution in [0.2, 0.25) is 5.02 Å². The van der Waals surface area contributed by atoms with Crippen molar-refractivity contribution in [3.63, 3.8) is 0 Å². The summed E-state index contributed by atoms with van der Waals surface area (Å²) in [7, 11) is -3.96. The van der Waals surface area contributed by atoms with Crippen molar-refractivity contribution in [2.75, 3.05) is 13.2 Å². The van der Waals surface area contributed by atoms with Gasteiger partial charge in [0.25, 0.3) is 0 Å². The molecule has 0 aromatic heterocycles. The molecule has 1 fully saturated rings. The van der Waals surface area contributed by atoms with E-state index in [-0.39, 0.29) is 29.6 Å². The average molecular weight is 306 g/mol. The van der Waals surface area contributed by atoms with Crippen LogP contribution in [0.15, 0.2) is 29.2 Å². The van der Waals surface area contributed by atoms with Crippen molar-refractivity contribution >= 4 is 27.6 Å². The Morgan fingerprint density at radius 3 is 2.74 bits per heavy atom. The third kappa shape index (κ3) is 2.89. The molecule has 2 rings (SSSR count). The average Bonchev–Trinajstić information content (AvgIpc) is 2.78. The topological polar surface area (TPSA) is 92.7 Å². The maximum absolute atomic E-state index is 12.2. The van der Waals surface area contributed by atoms with Crippen molar-refractivity contribution in [1.29, 1.82) is 0 Å². The van der Waals surface area contributed by atoms with E-state index in [1.54, 1.807) is 0 Å². The Labute approximate surface area is 115 Å². The monoisotopic (exact) mass is 305 g/mol. The molecule has 0 radical (unpaired) electrons. The molecule has 1 aromatic rings. The highest BCUT2D eigenvalue weighted by molar-refractivity contribution is 7.89. The number of sulfonamides is 1. The van der Waals surface area contributed by atoms with E-state index < -0.39 is 21.5 Å². The number of carboxylic acid groups (broad SMARTS) is 1. The van der Waals surface area contributed by atoms with Crippen LogP contribution in [0, 0.1) is 0 Å². The molecule has 1 aliphatic rings. The fourth-order valence-corrected chi connectivity index (χ4v) is 3.48. The summed E-state index contributed by atoms with van der Waals surface area (Å²) in [5.74, 6) is -1.25. The number of carboxylic acids is 1. The number of ether oxygens (including phenoxy) is 1. The van der Waals surface area contributed by atoms with Crippen molar-refractivity contribution in [2.45, 2.75) is 16.9 Å². The number of benzene rings is 1. The highest BCUT2D eigenvalue weighted by Crippen LogP contribution is 2.23. The summed E-state index contributed by atoms with van der Waals surface area (Å²) in [5.41, 5.74) is -1.61. The van der Waals surface area contributed by atoms with Gasteiger partial charge in [-0.3, -0.25) is 4.79 Å². The van der Waals surface area contributed by atoms with Gasteiger partial charge in [0.1, 0.15) is 0 Å². The molecule has 1 heterocycles. The van der Waals surface area contributed by atoms with E-state index in [2.05, 4.69) is 4.72 Å². The Balaban J connectivity index is 2.33. The fourth-order valence-electron chi connectivity index (χ4n) is 1.81. The molecular formula is C11H12ClNO5S. The molecule has 2 N–H and O–H groups in total. The second-order valence-electron chi connectivity index (χ2n) is 4.25. The molecule has 6 nitrogen and oxygen atoms in total. The van der Waals surface area contributed by atoms with Crippen LogP contribution >= 0.6 is 11.6 Å². The minimum Gasteiger partial charge on any atom is -0.480 e. The molecule has 1 unspecified atom stereocenters. The van der Waals surface area contributed by atoms with Crippen LogP contribution in [0.1, 0.15) is 6.42 Å². The maximum Gasteiger partial charge on any atom is 0.327 e. The van der Waals surface area contributed by atoms with Crippen LogP contribution in [0.4, 0.5) is 0 Å². The third-order valence-corrected chi connectivity index (χ3v) is 4.64. The molecule has 0 saturated carbocycles. The number of rotatable bonds is 4. The van der Waals surface area contributed by atoms with Gasteiger partial charge in [-0.1, -0.05) is 17.7 Å². The van der Waals surface area contributed by atoms with Gasteiger partial charge in [0.05, 0.1) is 11.5 Å². The van der Waals surface area contributed by atoms with E-state index in [9.17, 15) is 18.3 Å². The molecular weight excluding hydrogens is 294 g/mol. The first-order valence-corrected chi connectivity index (χ1v) is 7.33. The lowest BCUT2D eigenvalue weighted by Gasteiger charge is -2.23. The smallest absolute Gasteiger partial charge is 0.327 e. The van der Waals surface area contributed by atoms with Gasteiger partial charge in [0, 0.05) is 18.1 Å². The third-order valence-electron chi connectivity index (χ3n) is 2.87. The molecule has 0 aliphatic carbocycles. The summed E-state index contributed by atoms with van der Waals surface area (Å²) in [5, 5.41) is 9.45. The fraction of sp³-hybridized carbons (Fsp3) is 0.364. The highest BCUT2D eigenvalue weighted by Gasteiger charge is 2.46. The van der Waals surface area contributed by atoms with Crippen molar-refractivity contribution in [2.24, 2.45) is 0 Å². The predicted octanol–water partition coefficient (Wildman–Crippen LogP) is 0.862. The number of halogens is 1. The predicted molar refractivity (Wildman–Crippen MR) is 67.6 cm³/mol. The Kier molecular flexibility index (Phi) is 3.82. The van der Waals surface area contributed by atoms with E-state index in [0.29, 0.717) is 0 Å². The Morgan fingerprint density at radius 2 is 2.21 bits per heavy atom. The van der Waals surface area contributed by atoms with Crippen molar-refractivity contribution in [1.82, 2.24) is 4.72 Å². The summed E-state index contributed by atoms with van der Waals surface area (Å²) in [6, 6.07) is 5.62. The molecule has 8 heteroatoms. The zero-order chi connectivity index (χ0) is 14.1. The second-order valence-corrected chi connectivity index (χ2v) is 6.37. The highest BCUT2D eigenvalue weighted by atomic mass is 35.5. The second kappa shape index (κ2) is 5.09. The molecule has 1 aromatic carbocycles. The van der Waals surface area contributed by atoms with Crippen molar-refractivity contribution in [3.8, 4) is 0 Å².